The average Bonchev–Trinajstić information content (AvgIpc) is 2.77. The number of imidazole rings is 1. The second kappa shape index (κ2) is 4.89. The minimum Gasteiger partial charge on any atom is -0.274 e. The van der Waals surface area contributed by atoms with Crippen molar-refractivity contribution < 1.29 is 9.18 Å². The van der Waals surface area contributed by atoms with Crippen molar-refractivity contribution in [3.8, 4) is 0 Å². The van der Waals surface area contributed by atoms with E-state index in [-0.39, 0.29) is 18.1 Å². The largest absolute Gasteiger partial charge is 0.274 e. The van der Waals surface area contributed by atoms with Crippen molar-refractivity contribution in [2.45, 2.75) is 13.3 Å². The Morgan fingerprint density at radius 3 is 2.60 bits per heavy atom. The monoisotopic (exact) mass is 268 g/mol. The van der Waals surface area contributed by atoms with E-state index in [0.29, 0.717) is 5.82 Å². The summed E-state index contributed by atoms with van der Waals surface area (Å²) < 4.78 is 14.5. The molecule has 0 atom stereocenters. The van der Waals surface area contributed by atoms with Gasteiger partial charge in [0.05, 0.1) is 17.5 Å². The summed E-state index contributed by atoms with van der Waals surface area (Å²) in [5.41, 5.74) is 2.39. The van der Waals surface area contributed by atoms with Crippen LogP contribution in [0, 0.1) is 12.7 Å². The minimum absolute atomic E-state index is 0.0668. The molecule has 3 rings (SSSR count). The number of carbonyl (C=O) groups excluding carboxylic acids is 1. The molecule has 0 aliphatic rings. The highest BCUT2D eigenvalue weighted by Crippen LogP contribution is 2.16. The van der Waals surface area contributed by atoms with Crippen LogP contribution in [0.3, 0.4) is 0 Å². The fraction of sp³-hybridized carbons (Fsp3) is 0.125. The molecule has 2 aromatic carbocycles. The Hall–Kier alpha value is -2.49. The third-order valence-corrected chi connectivity index (χ3v) is 3.25. The number of fused-ring (bicyclic) bond motifs is 1. The van der Waals surface area contributed by atoms with Crippen LogP contribution in [0.25, 0.3) is 11.0 Å². The molecule has 3 nitrogen and oxygen atoms in total. The van der Waals surface area contributed by atoms with E-state index in [1.54, 1.807) is 16.7 Å². The third kappa shape index (κ3) is 2.20. The van der Waals surface area contributed by atoms with Crippen molar-refractivity contribution in [1.82, 2.24) is 9.55 Å². The number of rotatable bonds is 2. The maximum Gasteiger partial charge on any atom is 0.236 e. The SMILES string of the molecule is Cc1nc2ccccc2n1C(=O)Cc1ccc(F)cc1. The number of aromatic nitrogens is 2. The van der Waals surface area contributed by atoms with Crippen LogP contribution in [0.1, 0.15) is 16.2 Å². The lowest BCUT2D eigenvalue weighted by Gasteiger charge is -2.05. The molecule has 0 aliphatic carbocycles. The van der Waals surface area contributed by atoms with Crippen LogP contribution in [0.2, 0.25) is 0 Å². The molecule has 0 amide bonds. The highest BCUT2D eigenvalue weighted by molar-refractivity contribution is 5.92. The van der Waals surface area contributed by atoms with Crippen molar-refractivity contribution >= 4 is 16.9 Å². The zero-order valence-electron chi connectivity index (χ0n) is 11.0. The number of benzene rings is 2. The molecular weight excluding hydrogens is 255 g/mol. The molecule has 0 bridgehead atoms. The van der Waals surface area contributed by atoms with Gasteiger partial charge in [-0.25, -0.2) is 9.37 Å². The number of aryl methyl sites for hydroxylation is 1. The first-order valence-electron chi connectivity index (χ1n) is 6.37. The van der Waals surface area contributed by atoms with Gasteiger partial charge in [0.1, 0.15) is 11.6 Å². The Morgan fingerprint density at radius 2 is 1.85 bits per heavy atom. The lowest BCUT2D eigenvalue weighted by molar-refractivity contribution is 0.0916. The summed E-state index contributed by atoms with van der Waals surface area (Å²) in [7, 11) is 0. The van der Waals surface area contributed by atoms with E-state index in [1.165, 1.54) is 12.1 Å². The van der Waals surface area contributed by atoms with E-state index >= 15 is 0 Å². The Bertz CT molecular complexity index is 775. The molecule has 100 valence electrons. The van der Waals surface area contributed by atoms with Gasteiger partial charge >= 0.3 is 0 Å². The Kier molecular flexibility index (Phi) is 3.06. The maximum absolute atomic E-state index is 12.9. The van der Waals surface area contributed by atoms with Gasteiger partial charge in [-0.3, -0.25) is 9.36 Å². The molecule has 0 saturated heterocycles. The molecule has 1 aromatic heterocycles. The molecule has 0 spiro atoms. The lowest BCUT2D eigenvalue weighted by atomic mass is 10.1. The second-order valence-electron chi connectivity index (χ2n) is 4.68. The van der Waals surface area contributed by atoms with Crippen molar-refractivity contribution in [2.75, 3.05) is 0 Å². The van der Waals surface area contributed by atoms with E-state index in [1.807, 2.05) is 31.2 Å². The Morgan fingerprint density at radius 1 is 1.15 bits per heavy atom. The van der Waals surface area contributed by atoms with Gasteiger partial charge in [0.2, 0.25) is 5.91 Å². The van der Waals surface area contributed by atoms with Gasteiger partial charge in [-0.05, 0) is 36.8 Å². The van der Waals surface area contributed by atoms with E-state index < -0.39 is 0 Å². The summed E-state index contributed by atoms with van der Waals surface area (Å²) in [4.78, 5) is 16.8. The quantitative estimate of drug-likeness (QED) is 0.714. The van der Waals surface area contributed by atoms with E-state index in [4.69, 9.17) is 0 Å². The Labute approximate surface area is 115 Å². The van der Waals surface area contributed by atoms with Gasteiger partial charge in [0, 0.05) is 0 Å². The number of para-hydroxylation sites is 2. The molecular formula is C16H13FN2O. The van der Waals surface area contributed by atoms with Crippen LogP contribution in [-0.2, 0) is 6.42 Å². The zero-order valence-corrected chi connectivity index (χ0v) is 11.0. The number of hydrogen-bond donors (Lipinski definition) is 0. The predicted octanol–water partition coefficient (Wildman–Crippen LogP) is 3.37. The second-order valence-corrected chi connectivity index (χ2v) is 4.68. The molecule has 0 unspecified atom stereocenters. The highest BCUT2D eigenvalue weighted by atomic mass is 19.1. The van der Waals surface area contributed by atoms with E-state index in [2.05, 4.69) is 4.98 Å². The average molecular weight is 268 g/mol. The zero-order chi connectivity index (χ0) is 14.1. The first-order chi connectivity index (χ1) is 9.65. The minimum atomic E-state index is -0.300. The molecule has 1 heterocycles. The normalized spacial score (nSPS) is 10.9. The van der Waals surface area contributed by atoms with Crippen LogP contribution in [0.5, 0.6) is 0 Å². The van der Waals surface area contributed by atoms with Gasteiger partial charge in [0.15, 0.2) is 0 Å². The molecule has 3 aromatic rings. The Balaban J connectivity index is 1.96. The summed E-state index contributed by atoms with van der Waals surface area (Å²) in [6.45, 7) is 1.81. The molecule has 4 heteroatoms. The summed E-state index contributed by atoms with van der Waals surface area (Å²) in [6, 6.07) is 13.5. The van der Waals surface area contributed by atoms with Crippen LogP contribution < -0.4 is 0 Å². The topological polar surface area (TPSA) is 34.9 Å². The predicted molar refractivity (Wildman–Crippen MR) is 75.2 cm³/mol. The maximum atomic E-state index is 12.9. The number of halogens is 1. The van der Waals surface area contributed by atoms with Crippen LogP contribution in [0.4, 0.5) is 4.39 Å². The third-order valence-electron chi connectivity index (χ3n) is 3.25. The van der Waals surface area contributed by atoms with Crippen molar-refractivity contribution in [2.24, 2.45) is 0 Å². The molecule has 20 heavy (non-hydrogen) atoms. The van der Waals surface area contributed by atoms with Crippen molar-refractivity contribution in [1.29, 1.82) is 0 Å². The first kappa shape index (κ1) is 12.5. The molecule has 0 saturated carbocycles. The summed E-state index contributed by atoms with van der Waals surface area (Å²) in [5.74, 6) is 0.298. The number of hydrogen-bond acceptors (Lipinski definition) is 2. The fourth-order valence-corrected chi connectivity index (χ4v) is 2.32. The van der Waals surface area contributed by atoms with E-state index in [0.717, 1.165) is 16.6 Å². The lowest BCUT2D eigenvalue weighted by Crippen LogP contribution is -2.15. The van der Waals surface area contributed by atoms with Gasteiger partial charge in [-0.15, -0.1) is 0 Å². The van der Waals surface area contributed by atoms with Gasteiger partial charge < -0.3 is 0 Å². The van der Waals surface area contributed by atoms with Gasteiger partial charge in [-0.1, -0.05) is 24.3 Å². The number of nitrogens with zero attached hydrogens (tertiary/aromatic N) is 2. The highest BCUT2D eigenvalue weighted by Gasteiger charge is 2.14. The molecule has 0 aliphatic heterocycles. The fourth-order valence-electron chi connectivity index (χ4n) is 2.32. The van der Waals surface area contributed by atoms with Crippen LogP contribution >= 0.6 is 0 Å². The van der Waals surface area contributed by atoms with Crippen LogP contribution in [0.15, 0.2) is 48.5 Å². The van der Waals surface area contributed by atoms with Gasteiger partial charge in [0.25, 0.3) is 0 Å². The molecule has 0 radical (unpaired) electrons. The van der Waals surface area contributed by atoms with E-state index in [9.17, 15) is 9.18 Å². The standard InChI is InChI=1S/C16H13FN2O/c1-11-18-14-4-2-3-5-15(14)19(11)16(20)10-12-6-8-13(17)9-7-12/h2-9H,10H2,1H3. The van der Waals surface area contributed by atoms with Crippen molar-refractivity contribution in [3.05, 3.63) is 65.7 Å². The van der Waals surface area contributed by atoms with Crippen LogP contribution in [-0.4, -0.2) is 15.5 Å². The molecule has 0 fully saturated rings. The summed E-state index contributed by atoms with van der Waals surface area (Å²) in [5, 5.41) is 0. The number of carbonyl (C=O) groups is 1. The summed E-state index contributed by atoms with van der Waals surface area (Å²) >= 11 is 0. The summed E-state index contributed by atoms with van der Waals surface area (Å²) in [6.07, 6.45) is 0.224. The first-order valence-corrected chi connectivity index (χ1v) is 6.37. The smallest absolute Gasteiger partial charge is 0.236 e. The van der Waals surface area contributed by atoms with Gasteiger partial charge in [-0.2, -0.15) is 0 Å². The molecule has 0 N–H and O–H groups in total. The van der Waals surface area contributed by atoms with Crippen molar-refractivity contribution in [3.63, 3.8) is 0 Å².